The Bertz CT molecular complexity index is 789. The Morgan fingerprint density at radius 1 is 0.967 bits per heavy atom. The minimum atomic E-state index is -0.238. The van der Waals surface area contributed by atoms with Crippen molar-refractivity contribution in [2.24, 2.45) is 5.10 Å². The molecule has 0 saturated heterocycles. The van der Waals surface area contributed by atoms with Crippen molar-refractivity contribution >= 4 is 18.0 Å². The molecule has 2 rings (SSSR count). The van der Waals surface area contributed by atoms with Crippen LogP contribution in [0.1, 0.15) is 49.0 Å². The summed E-state index contributed by atoms with van der Waals surface area (Å²) in [5.41, 5.74) is 4.28. The molecule has 0 aliphatic rings. The van der Waals surface area contributed by atoms with Gasteiger partial charge in [-0.05, 0) is 50.0 Å². The number of nitrogens with one attached hydrogen (secondary N) is 2. The number of hydrazone groups is 1. The van der Waals surface area contributed by atoms with Crippen LogP contribution in [0.3, 0.4) is 0 Å². The van der Waals surface area contributed by atoms with Crippen LogP contribution in [0, 0.1) is 0 Å². The number of likely N-dealkylation sites (N-methyl/N-ethyl adjacent to an activating group) is 1. The van der Waals surface area contributed by atoms with E-state index in [2.05, 4.69) is 34.6 Å². The van der Waals surface area contributed by atoms with E-state index in [9.17, 15) is 9.59 Å². The van der Waals surface area contributed by atoms with Crippen LogP contribution in [0.15, 0.2) is 65.8 Å². The summed E-state index contributed by atoms with van der Waals surface area (Å²) < 4.78 is 0. The summed E-state index contributed by atoms with van der Waals surface area (Å²) in [4.78, 5) is 26.9. The number of hydrogen-bond donors (Lipinski definition) is 2. The van der Waals surface area contributed by atoms with Gasteiger partial charge in [0.15, 0.2) is 0 Å². The van der Waals surface area contributed by atoms with E-state index in [0.29, 0.717) is 12.1 Å². The van der Waals surface area contributed by atoms with E-state index in [1.54, 1.807) is 18.3 Å². The van der Waals surface area contributed by atoms with E-state index in [1.807, 2.05) is 48.5 Å². The van der Waals surface area contributed by atoms with Crippen LogP contribution < -0.4 is 10.7 Å². The van der Waals surface area contributed by atoms with Gasteiger partial charge in [-0.15, -0.1) is 0 Å². The number of nitrogens with zero attached hydrogens (tertiary/aromatic N) is 2. The third-order valence-corrected chi connectivity index (χ3v) is 4.97. The fourth-order valence-electron chi connectivity index (χ4n) is 3.28. The summed E-state index contributed by atoms with van der Waals surface area (Å²) in [5, 5.41) is 7.04. The SMILES string of the molecule is CCN(CC)C(CCCCNC(=O)c1ccccc1)C(=O)NN=Cc1ccccc1. The van der Waals surface area contributed by atoms with Gasteiger partial charge in [-0.2, -0.15) is 5.10 Å². The molecule has 0 aliphatic carbocycles. The topological polar surface area (TPSA) is 73.8 Å². The first-order valence-electron chi connectivity index (χ1n) is 10.6. The lowest BCUT2D eigenvalue weighted by atomic mass is 10.1. The van der Waals surface area contributed by atoms with E-state index in [-0.39, 0.29) is 17.9 Å². The maximum Gasteiger partial charge on any atom is 0.257 e. The zero-order chi connectivity index (χ0) is 21.6. The third kappa shape index (κ3) is 7.79. The van der Waals surface area contributed by atoms with Crippen LogP contribution >= 0.6 is 0 Å². The molecule has 0 fully saturated rings. The second-order valence-corrected chi connectivity index (χ2v) is 7.00. The maximum atomic E-state index is 12.7. The maximum absolute atomic E-state index is 12.7. The molecule has 2 aromatic carbocycles. The molecule has 0 radical (unpaired) electrons. The standard InChI is InChI=1S/C24H32N4O2/c1-3-28(4-2)22(24(30)27-26-19-20-13-7-5-8-14-20)17-11-12-18-25-23(29)21-15-9-6-10-16-21/h5-10,13-16,19,22H,3-4,11-12,17-18H2,1-2H3,(H,25,29)(H,27,30). The second kappa shape index (κ2) is 13.3. The predicted molar refractivity (Wildman–Crippen MR) is 122 cm³/mol. The molecule has 6 nitrogen and oxygen atoms in total. The number of benzene rings is 2. The van der Waals surface area contributed by atoms with Crippen LogP contribution in [-0.2, 0) is 4.79 Å². The first-order chi connectivity index (χ1) is 14.7. The smallest absolute Gasteiger partial charge is 0.257 e. The number of unbranched alkanes of at least 4 members (excludes halogenated alkanes) is 1. The van der Waals surface area contributed by atoms with Gasteiger partial charge >= 0.3 is 0 Å². The Hall–Kier alpha value is -2.99. The first-order valence-corrected chi connectivity index (χ1v) is 10.6. The van der Waals surface area contributed by atoms with E-state index in [4.69, 9.17) is 0 Å². The van der Waals surface area contributed by atoms with Crippen molar-refractivity contribution in [2.75, 3.05) is 19.6 Å². The molecule has 0 aromatic heterocycles. The molecule has 0 heterocycles. The molecule has 2 amide bonds. The minimum absolute atomic E-state index is 0.0658. The molecule has 0 spiro atoms. The number of hydrogen-bond acceptors (Lipinski definition) is 4. The highest BCUT2D eigenvalue weighted by Crippen LogP contribution is 2.10. The van der Waals surface area contributed by atoms with Gasteiger partial charge in [0, 0.05) is 12.1 Å². The fraction of sp³-hybridized carbons (Fsp3) is 0.375. The molecule has 2 N–H and O–H groups in total. The van der Waals surface area contributed by atoms with Crippen molar-refractivity contribution < 1.29 is 9.59 Å². The largest absolute Gasteiger partial charge is 0.352 e. The first kappa shape index (κ1) is 23.3. The van der Waals surface area contributed by atoms with Gasteiger partial charge in [-0.25, -0.2) is 5.43 Å². The molecular weight excluding hydrogens is 376 g/mol. The Morgan fingerprint density at radius 2 is 1.60 bits per heavy atom. The molecule has 0 aliphatic heterocycles. The Labute approximate surface area is 179 Å². The number of carbonyl (C=O) groups excluding carboxylic acids is 2. The Kier molecular flexibility index (Phi) is 10.3. The van der Waals surface area contributed by atoms with Gasteiger partial charge in [0.25, 0.3) is 11.8 Å². The highest BCUT2D eigenvalue weighted by atomic mass is 16.2. The quantitative estimate of drug-likeness (QED) is 0.321. The predicted octanol–water partition coefficient (Wildman–Crippen LogP) is 3.45. The normalized spacial score (nSPS) is 12.1. The van der Waals surface area contributed by atoms with E-state index >= 15 is 0 Å². The van der Waals surface area contributed by atoms with E-state index in [1.165, 1.54) is 0 Å². The Morgan fingerprint density at radius 3 is 2.23 bits per heavy atom. The molecule has 160 valence electrons. The van der Waals surface area contributed by atoms with Gasteiger partial charge in [0.05, 0.1) is 12.3 Å². The van der Waals surface area contributed by atoms with Gasteiger partial charge in [-0.1, -0.05) is 62.4 Å². The minimum Gasteiger partial charge on any atom is -0.352 e. The molecular formula is C24H32N4O2. The summed E-state index contributed by atoms with van der Waals surface area (Å²) in [6, 6.07) is 18.6. The molecule has 6 heteroatoms. The summed E-state index contributed by atoms with van der Waals surface area (Å²) in [7, 11) is 0. The van der Waals surface area contributed by atoms with Gasteiger partial charge in [0.1, 0.15) is 0 Å². The van der Waals surface area contributed by atoms with Crippen molar-refractivity contribution in [1.29, 1.82) is 0 Å². The van der Waals surface area contributed by atoms with Crippen molar-refractivity contribution in [2.45, 2.75) is 39.2 Å². The van der Waals surface area contributed by atoms with Crippen LogP contribution in [0.5, 0.6) is 0 Å². The van der Waals surface area contributed by atoms with Crippen molar-refractivity contribution in [3.8, 4) is 0 Å². The molecule has 1 unspecified atom stereocenters. The Balaban J connectivity index is 1.80. The highest BCUT2D eigenvalue weighted by Gasteiger charge is 2.23. The van der Waals surface area contributed by atoms with Gasteiger partial charge < -0.3 is 5.32 Å². The van der Waals surface area contributed by atoms with Crippen molar-refractivity contribution in [1.82, 2.24) is 15.6 Å². The number of carbonyl (C=O) groups is 2. The van der Waals surface area contributed by atoms with E-state index in [0.717, 1.165) is 37.9 Å². The third-order valence-electron chi connectivity index (χ3n) is 4.97. The second-order valence-electron chi connectivity index (χ2n) is 7.00. The summed E-state index contributed by atoms with van der Waals surface area (Å²) in [6.45, 7) is 6.28. The molecule has 2 aromatic rings. The lowest BCUT2D eigenvalue weighted by Crippen LogP contribution is -2.45. The summed E-state index contributed by atoms with van der Waals surface area (Å²) >= 11 is 0. The molecule has 0 saturated carbocycles. The zero-order valence-electron chi connectivity index (χ0n) is 17.9. The van der Waals surface area contributed by atoms with Crippen LogP contribution in [0.25, 0.3) is 0 Å². The average Bonchev–Trinajstić information content (AvgIpc) is 2.79. The summed E-state index contributed by atoms with van der Waals surface area (Å²) in [5.74, 6) is -0.164. The zero-order valence-corrected chi connectivity index (χ0v) is 17.9. The van der Waals surface area contributed by atoms with Crippen LogP contribution in [0.2, 0.25) is 0 Å². The van der Waals surface area contributed by atoms with Crippen LogP contribution in [0.4, 0.5) is 0 Å². The summed E-state index contributed by atoms with van der Waals surface area (Å²) in [6.07, 6.45) is 4.02. The van der Waals surface area contributed by atoms with Gasteiger partial charge in [0.2, 0.25) is 0 Å². The molecule has 30 heavy (non-hydrogen) atoms. The van der Waals surface area contributed by atoms with Crippen molar-refractivity contribution in [3.05, 3.63) is 71.8 Å². The highest BCUT2D eigenvalue weighted by molar-refractivity contribution is 5.94. The molecule has 1 atom stereocenters. The van der Waals surface area contributed by atoms with Gasteiger partial charge in [-0.3, -0.25) is 14.5 Å². The van der Waals surface area contributed by atoms with Crippen molar-refractivity contribution in [3.63, 3.8) is 0 Å². The monoisotopic (exact) mass is 408 g/mol. The number of rotatable bonds is 12. The lowest BCUT2D eigenvalue weighted by molar-refractivity contribution is -0.126. The average molecular weight is 409 g/mol. The fourth-order valence-corrected chi connectivity index (χ4v) is 3.28. The molecule has 0 bridgehead atoms. The van der Waals surface area contributed by atoms with E-state index < -0.39 is 0 Å². The lowest BCUT2D eigenvalue weighted by Gasteiger charge is -2.28. The van der Waals surface area contributed by atoms with Crippen LogP contribution in [-0.4, -0.2) is 48.6 Å². The number of amides is 2.